The van der Waals surface area contributed by atoms with Gasteiger partial charge in [-0.05, 0) is 38.0 Å². The highest BCUT2D eigenvalue weighted by Crippen LogP contribution is 2.25. The fourth-order valence-electron chi connectivity index (χ4n) is 1.66. The van der Waals surface area contributed by atoms with Gasteiger partial charge in [0.05, 0.1) is 0 Å². The molecular weight excluding hydrogens is 162 g/mol. The molecule has 0 aliphatic heterocycles. The fraction of sp³-hybridized carbons (Fsp3) is 1.00. The number of nitrogens with two attached hydrogens (primary N) is 1. The van der Waals surface area contributed by atoms with Gasteiger partial charge in [0.15, 0.2) is 0 Å². The van der Waals surface area contributed by atoms with Crippen molar-refractivity contribution in [3.63, 3.8) is 0 Å². The molecule has 1 saturated carbocycles. The van der Waals surface area contributed by atoms with Crippen molar-refractivity contribution in [2.45, 2.75) is 38.1 Å². The molecule has 0 aromatic heterocycles. The van der Waals surface area contributed by atoms with Gasteiger partial charge in [0, 0.05) is 12.6 Å². The molecular formula is C8H18ClNO. The van der Waals surface area contributed by atoms with Gasteiger partial charge in [-0.2, -0.15) is 0 Å². The van der Waals surface area contributed by atoms with Crippen molar-refractivity contribution < 1.29 is 5.11 Å². The van der Waals surface area contributed by atoms with Crippen LogP contribution in [0.3, 0.4) is 0 Å². The van der Waals surface area contributed by atoms with Crippen LogP contribution in [0.5, 0.6) is 0 Å². The minimum absolute atomic E-state index is 0. The van der Waals surface area contributed by atoms with Gasteiger partial charge in [0.25, 0.3) is 0 Å². The monoisotopic (exact) mass is 179 g/mol. The smallest absolute Gasteiger partial charge is 0.0433 e. The Kier molecular flexibility index (Phi) is 5.92. The fourth-order valence-corrected chi connectivity index (χ4v) is 1.66. The Balaban J connectivity index is 0.000001000. The van der Waals surface area contributed by atoms with Crippen LogP contribution in [-0.2, 0) is 0 Å². The molecule has 0 unspecified atom stereocenters. The number of aliphatic hydroxyl groups is 1. The summed E-state index contributed by atoms with van der Waals surface area (Å²) >= 11 is 0. The summed E-state index contributed by atoms with van der Waals surface area (Å²) in [5.74, 6) is 0.754. The first kappa shape index (κ1) is 11.2. The third kappa shape index (κ3) is 3.94. The first-order valence-electron chi connectivity index (χ1n) is 4.19. The van der Waals surface area contributed by atoms with Crippen LogP contribution >= 0.6 is 12.4 Å². The predicted octanol–water partition coefficient (Wildman–Crippen LogP) is 1.31. The first-order chi connectivity index (χ1) is 4.83. The minimum atomic E-state index is 0. The summed E-state index contributed by atoms with van der Waals surface area (Å²) < 4.78 is 0. The summed E-state index contributed by atoms with van der Waals surface area (Å²) in [6, 6.07) is 0.440. The van der Waals surface area contributed by atoms with Gasteiger partial charge in [-0.25, -0.2) is 0 Å². The summed E-state index contributed by atoms with van der Waals surface area (Å²) in [5.41, 5.74) is 5.73. The number of aliphatic hydroxyl groups excluding tert-OH is 1. The summed E-state index contributed by atoms with van der Waals surface area (Å²) in [6.45, 7) is 0.347. The number of rotatable bonds is 2. The van der Waals surface area contributed by atoms with E-state index in [4.69, 9.17) is 10.8 Å². The van der Waals surface area contributed by atoms with E-state index in [1.54, 1.807) is 0 Å². The van der Waals surface area contributed by atoms with Gasteiger partial charge in [0.1, 0.15) is 0 Å². The Morgan fingerprint density at radius 3 is 2.18 bits per heavy atom. The highest BCUT2D eigenvalue weighted by atomic mass is 35.5. The van der Waals surface area contributed by atoms with Crippen LogP contribution in [0.15, 0.2) is 0 Å². The van der Waals surface area contributed by atoms with E-state index in [0.29, 0.717) is 12.6 Å². The average molecular weight is 180 g/mol. The molecule has 2 nitrogen and oxygen atoms in total. The van der Waals surface area contributed by atoms with Crippen LogP contribution in [0.25, 0.3) is 0 Å². The van der Waals surface area contributed by atoms with Crippen molar-refractivity contribution in [2.75, 3.05) is 6.61 Å². The van der Waals surface area contributed by atoms with Crippen molar-refractivity contribution in [2.24, 2.45) is 11.7 Å². The van der Waals surface area contributed by atoms with Crippen LogP contribution in [0.1, 0.15) is 32.1 Å². The van der Waals surface area contributed by atoms with Crippen LogP contribution in [0.4, 0.5) is 0 Å². The Morgan fingerprint density at radius 2 is 1.73 bits per heavy atom. The third-order valence-corrected chi connectivity index (χ3v) is 2.43. The second kappa shape index (κ2) is 5.81. The lowest BCUT2D eigenvalue weighted by atomic mass is 9.85. The molecule has 0 aromatic rings. The van der Waals surface area contributed by atoms with Gasteiger partial charge < -0.3 is 10.8 Å². The average Bonchev–Trinajstić information content (AvgIpc) is 1.95. The van der Waals surface area contributed by atoms with E-state index in [1.807, 2.05) is 0 Å². The number of hydrogen-bond donors (Lipinski definition) is 2. The molecule has 1 rings (SSSR count). The molecule has 0 spiro atoms. The SMILES string of the molecule is Cl.NC1CCC(CCO)CC1. The zero-order chi connectivity index (χ0) is 7.40. The summed E-state index contributed by atoms with van der Waals surface area (Å²) in [7, 11) is 0. The Bertz CT molecular complexity index is 92.1. The normalized spacial score (nSPS) is 31.1. The molecule has 0 saturated heterocycles. The topological polar surface area (TPSA) is 46.2 Å². The van der Waals surface area contributed by atoms with E-state index in [1.165, 1.54) is 12.8 Å². The lowest BCUT2D eigenvalue weighted by Crippen LogP contribution is -2.26. The van der Waals surface area contributed by atoms with Crippen molar-refractivity contribution in [1.82, 2.24) is 0 Å². The molecule has 1 aliphatic carbocycles. The molecule has 0 atom stereocenters. The zero-order valence-electron chi connectivity index (χ0n) is 6.83. The van der Waals surface area contributed by atoms with Gasteiger partial charge in [-0.1, -0.05) is 0 Å². The number of hydrogen-bond acceptors (Lipinski definition) is 2. The maximum Gasteiger partial charge on any atom is 0.0433 e. The minimum Gasteiger partial charge on any atom is -0.396 e. The van der Waals surface area contributed by atoms with Crippen molar-refractivity contribution >= 4 is 12.4 Å². The molecule has 11 heavy (non-hydrogen) atoms. The van der Waals surface area contributed by atoms with E-state index in [2.05, 4.69) is 0 Å². The molecule has 0 heterocycles. The van der Waals surface area contributed by atoms with Crippen LogP contribution < -0.4 is 5.73 Å². The molecule has 0 radical (unpaired) electrons. The second-order valence-corrected chi connectivity index (χ2v) is 3.29. The Morgan fingerprint density at radius 1 is 1.18 bits per heavy atom. The maximum atomic E-state index is 8.65. The second-order valence-electron chi connectivity index (χ2n) is 3.29. The lowest BCUT2D eigenvalue weighted by molar-refractivity contribution is 0.223. The van der Waals surface area contributed by atoms with E-state index in [-0.39, 0.29) is 12.4 Å². The maximum absolute atomic E-state index is 8.65. The molecule has 3 heteroatoms. The largest absolute Gasteiger partial charge is 0.396 e. The van der Waals surface area contributed by atoms with E-state index >= 15 is 0 Å². The van der Waals surface area contributed by atoms with E-state index < -0.39 is 0 Å². The molecule has 0 aromatic carbocycles. The molecule has 3 N–H and O–H groups in total. The van der Waals surface area contributed by atoms with E-state index in [9.17, 15) is 0 Å². The summed E-state index contributed by atoms with van der Waals surface area (Å²) in [5, 5.41) is 8.65. The molecule has 1 aliphatic rings. The molecule has 0 amide bonds. The van der Waals surface area contributed by atoms with Gasteiger partial charge in [0.2, 0.25) is 0 Å². The van der Waals surface area contributed by atoms with Crippen molar-refractivity contribution in [3.8, 4) is 0 Å². The predicted molar refractivity (Wildman–Crippen MR) is 48.9 cm³/mol. The molecule has 68 valence electrons. The van der Waals surface area contributed by atoms with E-state index in [0.717, 1.165) is 25.2 Å². The van der Waals surface area contributed by atoms with Crippen LogP contribution in [0, 0.1) is 5.92 Å². The molecule has 1 fully saturated rings. The third-order valence-electron chi connectivity index (χ3n) is 2.43. The lowest BCUT2D eigenvalue weighted by Gasteiger charge is -2.25. The standard InChI is InChI=1S/C8H17NO.ClH/c9-8-3-1-7(2-4-8)5-6-10;/h7-8,10H,1-6,9H2;1H. The quantitative estimate of drug-likeness (QED) is 0.672. The highest BCUT2D eigenvalue weighted by Gasteiger charge is 2.17. The van der Waals surface area contributed by atoms with Crippen LogP contribution in [0.2, 0.25) is 0 Å². The van der Waals surface area contributed by atoms with Gasteiger partial charge in [-0.15, -0.1) is 12.4 Å². The zero-order valence-corrected chi connectivity index (χ0v) is 7.65. The van der Waals surface area contributed by atoms with Gasteiger partial charge in [-0.3, -0.25) is 0 Å². The molecule has 0 bridgehead atoms. The van der Waals surface area contributed by atoms with Crippen molar-refractivity contribution in [3.05, 3.63) is 0 Å². The first-order valence-corrected chi connectivity index (χ1v) is 4.19. The van der Waals surface area contributed by atoms with Crippen LogP contribution in [-0.4, -0.2) is 17.8 Å². The van der Waals surface area contributed by atoms with Crippen molar-refractivity contribution in [1.29, 1.82) is 0 Å². The summed E-state index contributed by atoms with van der Waals surface area (Å²) in [4.78, 5) is 0. The highest BCUT2D eigenvalue weighted by molar-refractivity contribution is 5.85. The van der Waals surface area contributed by atoms with Gasteiger partial charge >= 0.3 is 0 Å². The number of halogens is 1. The Hall–Kier alpha value is 0.210. The Labute approximate surface area is 74.6 Å². The summed E-state index contributed by atoms with van der Waals surface area (Å²) in [6.07, 6.45) is 5.74.